The summed E-state index contributed by atoms with van der Waals surface area (Å²) < 4.78 is 0. The average Bonchev–Trinajstić information content (AvgIpc) is 2.03. The van der Waals surface area contributed by atoms with E-state index in [4.69, 9.17) is 0 Å². The predicted octanol–water partition coefficient (Wildman–Crippen LogP) is 0.862. The van der Waals surface area contributed by atoms with Crippen LogP contribution >= 0.6 is 0 Å². The number of hydrogen-bond acceptors (Lipinski definition) is 2. The van der Waals surface area contributed by atoms with Gasteiger partial charge in [0, 0.05) is 0 Å². The zero-order valence-corrected chi connectivity index (χ0v) is 6.40. The highest BCUT2D eigenvalue weighted by atomic mass is 15.1. The molecule has 1 fully saturated rings. The smallest absolute Gasteiger partial charge is 0.0574 e. The summed E-state index contributed by atoms with van der Waals surface area (Å²) in [5.41, 5.74) is 0. The van der Waals surface area contributed by atoms with Gasteiger partial charge in [-0.1, -0.05) is 6.08 Å². The summed E-state index contributed by atoms with van der Waals surface area (Å²) in [7, 11) is 0. The van der Waals surface area contributed by atoms with Gasteiger partial charge in [0.1, 0.15) is 0 Å². The second kappa shape index (κ2) is 4.47. The monoisotopic (exact) mass is 140 g/mol. The number of rotatable bonds is 3. The molecule has 1 aliphatic rings. The van der Waals surface area contributed by atoms with Gasteiger partial charge in [0.05, 0.1) is 6.17 Å². The summed E-state index contributed by atoms with van der Waals surface area (Å²) in [6, 6.07) is 0. The van der Waals surface area contributed by atoms with Gasteiger partial charge in [0.25, 0.3) is 0 Å². The molecule has 2 N–H and O–H groups in total. The molecule has 0 aromatic heterocycles. The summed E-state index contributed by atoms with van der Waals surface area (Å²) in [6.45, 7) is 6.01. The SMILES string of the molecule is C=CCCC1NCCCN1. The van der Waals surface area contributed by atoms with E-state index < -0.39 is 0 Å². The van der Waals surface area contributed by atoms with Gasteiger partial charge >= 0.3 is 0 Å². The lowest BCUT2D eigenvalue weighted by Crippen LogP contribution is -2.48. The summed E-state index contributed by atoms with van der Waals surface area (Å²) in [6.07, 6.45) is 6.03. The van der Waals surface area contributed by atoms with Gasteiger partial charge in [0.2, 0.25) is 0 Å². The van der Waals surface area contributed by atoms with Crippen LogP contribution < -0.4 is 10.6 Å². The van der Waals surface area contributed by atoms with Crippen LogP contribution in [0.1, 0.15) is 19.3 Å². The minimum atomic E-state index is 0.534. The molecule has 1 heterocycles. The predicted molar refractivity (Wildman–Crippen MR) is 43.8 cm³/mol. The van der Waals surface area contributed by atoms with Crippen molar-refractivity contribution in [3.63, 3.8) is 0 Å². The lowest BCUT2D eigenvalue weighted by molar-refractivity contribution is 0.354. The molecule has 2 heteroatoms. The van der Waals surface area contributed by atoms with E-state index in [2.05, 4.69) is 17.2 Å². The van der Waals surface area contributed by atoms with Crippen molar-refractivity contribution in [3.8, 4) is 0 Å². The van der Waals surface area contributed by atoms with Gasteiger partial charge in [-0.05, 0) is 32.4 Å². The largest absolute Gasteiger partial charge is 0.302 e. The van der Waals surface area contributed by atoms with Crippen molar-refractivity contribution in [1.82, 2.24) is 10.6 Å². The van der Waals surface area contributed by atoms with E-state index in [1.165, 1.54) is 12.8 Å². The zero-order chi connectivity index (χ0) is 7.23. The van der Waals surface area contributed by atoms with Gasteiger partial charge in [0.15, 0.2) is 0 Å². The fourth-order valence-electron chi connectivity index (χ4n) is 1.20. The molecule has 0 saturated carbocycles. The molecule has 0 spiro atoms. The van der Waals surface area contributed by atoms with Crippen LogP contribution in [0.25, 0.3) is 0 Å². The quantitative estimate of drug-likeness (QED) is 0.568. The Hall–Kier alpha value is -0.340. The second-order valence-electron chi connectivity index (χ2n) is 2.68. The third kappa shape index (κ3) is 2.50. The van der Waals surface area contributed by atoms with E-state index in [1.54, 1.807) is 0 Å². The third-order valence-electron chi connectivity index (χ3n) is 1.79. The second-order valence-corrected chi connectivity index (χ2v) is 2.68. The molecule has 0 atom stereocenters. The van der Waals surface area contributed by atoms with Crippen LogP contribution in [0.15, 0.2) is 12.7 Å². The lowest BCUT2D eigenvalue weighted by Gasteiger charge is -2.24. The van der Waals surface area contributed by atoms with Crippen LogP contribution in [0.5, 0.6) is 0 Å². The molecular weight excluding hydrogens is 124 g/mol. The van der Waals surface area contributed by atoms with Gasteiger partial charge in [-0.3, -0.25) is 0 Å². The first kappa shape index (κ1) is 7.76. The van der Waals surface area contributed by atoms with E-state index in [1.807, 2.05) is 6.08 Å². The van der Waals surface area contributed by atoms with Crippen molar-refractivity contribution in [2.75, 3.05) is 13.1 Å². The molecule has 1 aliphatic heterocycles. The molecule has 1 saturated heterocycles. The van der Waals surface area contributed by atoms with E-state index in [9.17, 15) is 0 Å². The first-order chi connectivity index (χ1) is 4.93. The molecular formula is C8H16N2. The Balaban J connectivity index is 2.07. The van der Waals surface area contributed by atoms with Crippen LogP contribution in [0.4, 0.5) is 0 Å². The van der Waals surface area contributed by atoms with Crippen molar-refractivity contribution in [3.05, 3.63) is 12.7 Å². The third-order valence-corrected chi connectivity index (χ3v) is 1.79. The Morgan fingerprint density at radius 2 is 2.10 bits per heavy atom. The topological polar surface area (TPSA) is 24.1 Å². The number of nitrogens with one attached hydrogen (secondary N) is 2. The Morgan fingerprint density at radius 3 is 2.70 bits per heavy atom. The Bertz CT molecular complexity index is 95.4. The van der Waals surface area contributed by atoms with Crippen LogP contribution in [0, 0.1) is 0 Å². The molecule has 0 unspecified atom stereocenters. The minimum Gasteiger partial charge on any atom is -0.302 e. The van der Waals surface area contributed by atoms with Crippen LogP contribution in [-0.4, -0.2) is 19.3 Å². The average molecular weight is 140 g/mol. The summed E-state index contributed by atoms with van der Waals surface area (Å²) >= 11 is 0. The first-order valence-electron chi connectivity index (χ1n) is 4.01. The van der Waals surface area contributed by atoms with Gasteiger partial charge in [-0.2, -0.15) is 0 Å². The summed E-state index contributed by atoms with van der Waals surface area (Å²) in [5, 5.41) is 6.79. The zero-order valence-electron chi connectivity index (χ0n) is 6.40. The normalized spacial score (nSPS) is 20.8. The first-order valence-corrected chi connectivity index (χ1v) is 4.01. The molecule has 0 amide bonds. The van der Waals surface area contributed by atoms with Crippen molar-refractivity contribution < 1.29 is 0 Å². The maximum Gasteiger partial charge on any atom is 0.0574 e. The fourth-order valence-corrected chi connectivity index (χ4v) is 1.20. The standard InChI is InChI=1S/C8H16N2/c1-2-3-5-8-9-6-4-7-10-8/h2,8-10H,1,3-7H2. The van der Waals surface area contributed by atoms with Crippen molar-refractivity contribution in [2.45, 2.75) is 25.4 Å². The van der Waals surface area contributed by atoms with Gasteiger partial charge in [-0.25, -0.2) is 0 Å². The molecule has 2 nitrogen and oxygen atoms in total. The van der Waals surface area contributed by atoms with Crippen molar-refractivity contribution in [2.24, 2.45) is 0 Å². The molecule has 10 heavy (non-hydrogen) atoms. The highest BCUT2D eigenvalue weighted by molar-refractivity contribution is 4.75. The Labute approximate surface area is 62.7 Å². The molecule has 0 bridgehead atoms. The van der Waals surface area contributed by atoms with Crippen molar-refractivity contribution in [1.29, 1.82) is 0 Å². The molecule has 0 radical (unpaired) electrons. The number of hydrogen-bond donors (Lipinski definition) is 2. The van der Waals surface area contributed by atoms with Crippen LogP contribution in [0.3, 0.4) is 0 Å². The number of allylic oxidation sites excluding steroid dienone is 1. The van der Waals surface area contributed by atoms with E-state index in [-0.39, 0.29) is 0 Å². The molecule has 0 aromatic rings. The Kier molecular flexibility index (Phi) is 3.47. The molecule has 1 rings (SSSR count). The highest BCUT2D eigenvalue weighted by Crippen LogP contribution is 1.97. The van der Waals surface area contributed by atoms with E-state index >= 15 is 0 Å². The van der Waals surface area contributed by atoms with Crippen molar-refractivity contribution >= 4 is 0 Å². The maximum atomic E-state index is 3.69. The van der Waals surface area contributed by atoms with E-state index in [0.29, 0.717) is 6.17 Å². The minimum absolute atomic E-state index is 0.534. The summed E-state index contributed by atoms with van der Waals surface area (Å²) in [5.74, 6) is 0. The molecule has 0 aromatic carbocycles. The molecule has 58 valence electrons. The van der Waals surface area contributed by atoms with E-state index in [0.717, 1.165) is 19.5 Å². The van der Waals surface area contributed by atoms with Gasteiger partial charge < -0.3 is 10.6 Å². The maximum absolute atomic E-state index is 3.69. The van der Waals surface area contributed by atoms with Gasteiger partial charge in [-0.15, -0.1) is 6.58 Å². The van der Waals surface area contributed by atoms with Crippen LogP contribution in [0.2, 0.25) is 0 Å². The van der Waals surface area contributed by atoms with Crippen LogP contribution in [-0.2, 0) is 0 Å². The summed E-state index contributed by atoms with van der Waals surface area (Å²) in [4.78, 5) is 0. The highest BCUT2D eigenvalue weighted by Gasteiger charge is 2.08. The fraction of sp³-hybridized carbons (Fsp3) is 0.750. The lowest BCUT2D eigenvalue weighted by atomic mass is 10.2. The Morgan fingerprint density at radius 1 is 1.40 bits per heavy atom. The molecule has 0 aliphatic carbocycles.